The minimum absolute atomic E-state index is 0.0599. The molecule has 0 spiro atoms. The van der Waals surface area contributed by atoms with Crippen LogP contribution in [0, 0.1) is 16.0 Å². The molecule has 1 unspecified atom stereocenters. The lowest BCUT2D eigenvalue weighted by molar-refractivity contribution is -0.384. The standard InChI is InChI=1S/C16H17N3O4S/c20-19(21)15-7-3-12(4-8-15)11-24(22,23)18-16(13-5-6-13)14-2-1-9-17-10-14/h1-4,7-10,13,16,18H,5-6,11H2. The monoisotopic (exact) mass is 347 g/mol. The Morgan fingerprint density at radius 3 is 2.50 bits per heavy atom. The van der Waals surface area contributed by atoms with Crippen LogP contribution in [-0.2, 0) is 15.8 Å². The summed E-state index contributed by atoms with van der Waals surface area (Å²) in [7, 11) is -3.57. The van der Waals surface area contributed by atoms with Crippen LogP contribution in [0.5, 0.6) is 0 Å². The zero-order chi connectivity index (χ0) is 17.2. The van der Waals surface area contributed by atoms with E-state index in [1.54, 1.807) is 18.5 Å². The van der Waals surface area contributed by atoms with Crippen LogP contribution in [0.25, 0.3) is 0 Å². The van der Waals surface area contributed by atoms with Crippen molar-refractivity contribution in [3.63, 3.8) is 0 Å². The Hall–Kier alpha value is -2.32. The SMILES string of the molecule is O=[N+]([O-])c1ccc(CS(=O)(=O)NC(c2cccnc2)C2CC2)cc1. The average Bonchev–Trinajstić information content (AvgIpc) is 3.38. The predicted molar refractivity (Wildman–Crippen MR) is 88.6 cm³/mol. The van der Waals surface area contributed by atoms with Gasteiger partial charge in [-0.15, -0.1) is 0 Å². The predicted octanol–water partition coefficient (Wildman–Crippen LogP) is 2.56. The third kappa shape index (κ3) is 4.15. The first-order chi connectivity index (χ1) is 11.4. The number of hydrogen-bond donors (Lipinski definition) is 1. The summed E-state index contributed by atoms with van der Waals surface area (Å²) < 4.78 is 27.7. The Labute approximate surface area is 139 Å². The van der Waals surface area contributed by atoms with Gasteiger partial charge in [-0.05, 0) is 36.0 Å². The Bertz CT molecular complexity index is 818. The summed E-state index contributed by atoms with van der Waals surface area (Å²) in [5.41, 5.74) is 1.30. The number of sulfonamides is 1. The van der Waals surface area contributed by atoms with E-state index in [9.17, 15) is 18.5 Å². The molecule has 24 heavy (non-hydrogen) atoms. The van der Waals surface area contributed by atoms with Crippen LogP contribution in [-0.4, -0.2) is 18.3 Å². The molecular weight excluding hydrogens is 330 g/mol. The normalized spacial score (nSPS) is 15.8. The van der Waals surface area contributed by atoms with Crippen molar-refractivity contribution in [1.29, 1.82) is 0 Å². The number of nitrogens with one attached hydrogen (secondary N) is 1. The summed E-state index contributed by atoms with van der Waals surface area (Å²) in [6, 6.07) is 8.93. The van der Waals surface area contributed by atoms with Crippen molar-refractivity contribution in [3.8, 4) is 0 Å². The number of non-ortho nitro benzene ring substituents is 1. The highest BCUT2D eigenvalue weighted by Gasteiger charge is 2.35. The van der Waals surface area contributed by atoms with Crippen molar-refractivity contribution in [1.82, 2.24) is 9.71 Å². The summed E-state index contributed by atoms with van der Waals surface area (Å²) in [5.74, 6) is 0.0786. The molecule has 2 aromatic rings. The molecule has 1 aliphatic rings. The molecule has 1 heterocycles. The molecular formula is C16H17N3O4S. The lowest BCUT2D eigenvalue weighted by atomic mass is 10.1. The molecule has 0 amide bonds. The summed E-state index contributed by atoms with van der Waals surface area (Å²) in [6.07, 6.45) is 5.30. The maximum Gasteiger partial charge on any atom is 0.269 e. The van der Waals surface area contributed by atoms with E-state index in [1.807, 2.05) is 6.07 Å². The van der Waals surface area contributed by atoms with Gasteiger partial charge in [-0.1, -0.05) is 18.2 Å². The largest absolute Gasteiger partial charge is 0.269 e. The van der Waals surface area contributed by atoms with Gasteiger partial charge in [0.15, 0.2) is 0 Å². The molecule has 7 nitrogen and oxygen atoms in total. The van der Waals surface area contributed by atoms with Crippen LogP contribution in [0.15, 0.2) is 48.8 Å². The molecule has 1 aromatic carbocycles. The second-order valence-electron chi connectivity index (χ2n) is 5.90. The molecule has 3 rings (SSSR count). The van der Waals surface area contributed by atoms with E-state index in [-0.39, 0.29) is 17.5 Å². The number of aromatic nitrogens is 1. The van der Waals surface area contributed by atoms with Gasteiger partial charge < -0.3 is 0 Å². The fourth-order valence-corrected chi connectivity index (χ4v) is 4.02. The Morgan fingerprint density at radius 2 is 1.96 bits per heavy atom. The highest BCUT2D eigenvalue weighted by molar-refractivity contribution is 7.88. The fourth-order valence-electron chi connectivity index (χ4n) is 2.59. The zero-order valence-corrected chi connectivity index (χ0v) is 13.6. The molecule has 0 radical (unpaired) electrons. The van der Waals surface area contributed by atoms with E-state index in [0.29, 0.717) is 11.5 Å². The second-order valence-corrected chi connectivity index (χ2v) is 7.66. The van der Waals surface area contributed by atoms with Crippen LogP contribution in [0.4, 0.5) is 5.69 Å². The van der Waals surface area contributed by atoms with Gasteiger partial charge in [-0.25, -0.2) is 13.1 Å². The van der Waals surface area contributed by atoms with Crippen LogP contribution < -0.4 is 4.72 Å². The Kier molecular flexibility index (Phi) is 4.59. The fraction of sp³-hybridized carbons (Fsp3) is 0.312. The first kappa shape index (κ1) is 16.5. The summed E-state index contributed by atoms with van der Waals surface area (Å²) in [6.45, 7) is 0. The average molecular weight is 347 g/mol. The third-order valence-corrected chi connectivity index (χ3v) is 5.27. The van der Waals surface area contributed by atoms with Crippen LogP contribution in [0.3, 0.4) is 0 Å². The van der Waals surface area contributed by atoms with E-state index in [2.05, 4.69) is 9.71 Å². The van der Waals surface area contributed by atoms with Crippen LogP contribution in [0.1, 0.15) is 30.0 Å². The van der Waals surface area contributed by atoms with Crippen LogP contribution >= 0.6 is 0 Å². The number of hydrogen-bond acceptors (Lipinski definition) is 5. The Balaban J connectivity index is 1.73. The maximum atomic E-state index is 12.5. The van der Waals surface area contributed by atoms with Gasteiger partial charge in [0.25, 0.3) is 5.69 Å². The molecule has 1 N–H and O–H groups in total. The minimum atomic E-state index is -3.57. The third-order valence-electron chi connectivity index (χ3n) is 3.95. The summed E-state index contributed by atoms with van der Waals surface area (Å²) >= 11 is 0. The van der Waals surface area contributed by atoms with Crippen molar-refractivity contribution in [2.24, 2.45) is 5.92 Å². The lowest BCUT2D eigenvalue weighted by Crippen LogP contribution is -2.31. The molecule has 1 saturated carbocycles. The smallest absolute Gasteiger partial charge is 0.264 e. The Morgan fingerprint density at radius 1 is 1.25 bits per heavy atom. The van der Waals surface area contributed by atoms with E-state index in [0.717, 1.165) is 18.4 Å². The number of pyridine rings is 1. The van der Waals surface area contributed by atoms with Crippen LogP contribution in [0.2, 0.25) is 0 Å². The molecule has 1 atom stereocenters. The first-order valence-corrected chi connectivity index (χ1v) is 9.23. The number of nitro benzene ring substituents is 1. The molecule has 1 fully saturated rings. The molecule has 1 aliphatic carbocycles. The number of benzene rings is 1. The number of nitro groups is 1. The zero-order valence-electron chi connectivity index (χ0n) is 12.8. The van der Waals surface area contributed by atoms with Gasteiger partial charge in [-0.2, -0.15) is 0 Å². The summed E-state index contributed by atoms with van der Waals surface area (Å²) in [4.78, 5) is 14.2. The topological polar surface area (TPSA) is 102 Å². The maximum absolute atomic E-state index is 12.5. The van der Waals surface area contributed by atoms with E-state index in [4.69, 9.17) is 0 Å². The summed E-state index contributed by atoms with van der Waals surface area (Å²) in [5, 5.41) is 10.7. The van der Waals surface area contributed by atoms with Gasteiger partial charge >= 0.3 is 0 Å². The van der Waals surface area contributed by atoms with Gasteiger partial charge in [0.2, 0.25) is 10.0 Å². The van der Waals surface area contributed by atoms with Gasteiger partial charge in [0, 0.05) is 24.5 Å². The number of nitrogens with zero attached hydrogens (tertiary/aromatic N) is 2. The molecule has 1 aromatic heterocycles. The van der Waals surface area contributed by atoms with Crippen molar-refractivity contribution in [3.05, 3.63) is 70.0 Å². The molecule has 8 heteroatoms. The van der Waals surface area contributed by atoms with E-state index >= 15 is 0 Å². The first-order valence-electron chi connectivity index (χ1n) is 7.58. The van der Waals surface area contributed by atoms with Gasteiger partial charge in [0.1, 0.15) is 0 Å². The minimum Gasteiger partial charge on any atom is -0.264 e. The molecule has 0 saturated heterocycles. The van der Waals surface area contributed by atoms with Gasteiger partial charge in [0.05, 0.1) is 16.7 Å². The lowest BCUT2D eigenvalue weighted by Gasteiger charge is -2.18. The van der Waals surface area contributed by atoms with Crippen molar-refractivity contribution in [2.45, 2.75) is 24.6 Å². The molecule has 126 valence electrons. The van der Waals surface area contributed by atoms with Gasteiger partial charge in [-0.3, -0.25) is 15.1 Å². The highest BCUT2D eigenvalue weighted by Crippen LogP contribution is 2.41. The van der Waals surface area contributed by atoms with E-state index in [1.165, 1.54) is 24.3 Å². The highest BCUT2D eigenvalue weighted by atomic mass is 32.2. The molecule has 0 aliphatic heterocycles. The van der Waals surface area contributed by atoms with Crippen molar-refractivity contribution in [2.75, 3.05) is 0 Å². The molecule has 0 bridgehead atoms. The van der Waals surface area contributed by atoms with Crippen molar-refractivity contribution < 1.29 is 13.3 Å². The number of rotatable bonds is 7. The van der Waals surface area contributed by atoms with Crippen molar-refractivity contribution >= 4 is 15.7 Å². The second kappa shape index (κ2) is 6.66. The van der Waals surface area contributed by atoms with E-state index < -0.39 is 14.9 Å². The quantitative estimate of drug-likeness (QED) is 0.612.